The van der Waals surface area contributed by atoms with Crippen molar-refractivity contribution in [1.82, 2.24) is 54.4 Å². The first-order chi connectivity index (χ1) is 51.9. The minimum atomic E-state index is -0.724. The SMILES string of the molecule is C[C@@H]1CNc2c(sc3cc(C[C@@H]4CNc5c(sc6ccc7nc(N8CCN(CC9CC%10(CCN(c%11ccc%12c(c%11)n(C)c(=O)n%12C%11CCC(=O)NC%11=O)C%10)C9)CC8)ccc7c56)C(=O)N4)c4nc(N5CCC(COC6CCN(c7ccc8c(c7)n(C)c(=O)n8C7CCC(=O)NC7=O)CC6)CC5)ccc4c23)C(=O)N1. The molecular formula is C79H87N17O9S2. The Labute approximate surface area is 623 Å². The predicted molar refractivity (Wildman–Crippen MR) is 417 cm³/mol. The molecule has 28 heteroatoms. The maximum absolute atomic E-state index is 14.6. The molecule has 6 aromatic heterocycles. The summed E-state index contributed by atoms with van der Waals surface area (Å²) in [6.07, 6.45) is 8.94. The first-order valence-electron chi connectivity index (χ1n) is 38.2. The van der Waals surface area contributed by atoms with Crippen molar-refractivity contribution in [3.63, 3.8) is 0 Å². The third kappa shape index (κ3) is 11.9. The number of hydrogen-bond acceptors (Lipinski definition) is 20. The Morgan fingerprint density at radius 1 is 0.551 bits per heavy atom. The number of carbonyl (C=O) groups excluding carboxylic acids is 6. The van der Waals surface area contributed by atoms with Gasteiger partial charge in [0.25, 0.3) is 11.8 Å². The summed E-state index contributed by atoms with van der Waals surface area (Å²) in [5, 5.41) is 22.8. The van der Waals surface area contributed by atoms with Crippen LogP contribution in [0.25, 0.3) is 64.0 Å². The fourth-order valence-corrected chi connectivity index (χ4v) is 21.4. The zero-order chi connectivity index (χ0) is 72.8. The molecular weight excluding hydrogens is 1400 g/mol. The Morgan fingerprint density at radius 2 is 1.14 bits per heavy atom. The average Bonchev–Trinajstić information content (AvgIpc) is 2.21. The summed E-state index contributed by atoms with van der Waals surface area (Å²) in [7, 11) is 3.48. The maximum atomic E-state index is 14.6. The van der Waals surface area contributed by atoms with E-state index in [1.165, 1.54) is 40.1 Å². The summed E-state index contributed by atoms with van der Waals surface area (Å²) in [5.74, 6) is 1.26. The molecule has 26 nitrogen and oxygen atoms in total. The number of aromatic nitrogens is 6. The van der Waals surface area contributed by atoms with E-state index in [1.807, 2.05) is 31.2 Å². The summed E-state index contributed by atoms with van der Waals surface area (Å²) < 4.78 is 15.0. The number of ether oxygens (including phenoxy) is 1. The van der Waals surface area contributed by atoms with Gasteiger partial charge in [0.05, 0.1) is 56.6 Å². The molecule has 4 atom stereocenters. The van der Waals surface area contributed by atoms with E-state index in [4.69, 9.17) is 14.7 Å². The van der Waals surface area contributed by atoms with Crippen LogP contribution in [0.1, 0.15) is 115 Å². The van der Waals surface area contributed by atoms with Crippen LogP contribution < -0.4 is 62.9 Å². The van der Waals surface area contributed by atoms with Gasteiger partial charge in [-0.1, -0.05) is 0 Å². The fraction of sp³-hybridized carbons (Fsp3) is 0.468. The van der Waals surface area contributed by atoms with Gasteiger partial charge in [-0.2, -0.15) is 0 Å². The highest BCUT2D eigenvalue weighted by molar-refractivity contribution is 7.22. The van der Waals surface area contributed by atoms with Crippen LogP contribution in [0.3, 0.4) is 0 Å². The molecule has 554 valence electrons. The van der Waals surface area contributed by atoms with E-state index in [1.54, 1.807) is 27.8 Å². The van der Waals surface area contributed by atoms with Crippen LogP contribution in [-0.2, 0) is 44.4 Å². The molecule has 8 aliphatic heterocycles. The number of fused-ring (bicyclic) bond motifs is 12. The standard InChI is InChI=1S/C79H87N17O9S2/c1-43-38-80-70-67-52-7-15-63(92-23-18-44(19-24-92)41-105-50-20-25-91(26-21-50)48-4-9-54-58(34-48)88(2)77(103)95(54)56-11-16-64(97)86-73(56)99)85-68(52)46(33-61(67)107-71(70)75(101)82-43)32-47-39-81-69-66-51-6-14-62(84-53(51)8-13-60(66)106-72(69)76(102)83-47)93-30-28-90(29-31-93)40-45-36-79(37-45)22-27-94(42-79)49-5-10-55-59(35-49)89(3)78(104)96(55)57-12-17-65(98)87-74(57)100/h4-10,13-15,33-35,43-45,47,50,56-57,80-81H,11-12,16-32,36-42H2,1-3H3,(H,82,101)(H,83,102)(H,86,97,99)(H,87,98,100)/t43-,45?,47-,56?,57?,79?/m1/s1. The molecule has 0 bridgehead atoms. The van der Waals surface area contributed by atoms with Crippen LogP contribution in [0.5, 0.6) is 0 Å². The summed E-state index contributed by atoms with van der Waals surface area (Å²) >= 11 is 3.01. The van der Waals surface area contributed by atoms with Crippen LogP contribution >= 0.6 is 22.7 Å². The third-order valence-corrected chi connectivity index (χ3v) is 27.2. The molecule has 4 aromatic carbocycles. The summed E-state index contributed by atoms with van der Waals surface area (Å²) in [6, 6.07) is 25.4. The first kappa shape index (κ1) is 67.7. The number of imide groups is 2. The van der Waals surface area contributed by atoms with E-state index in [0.717, 1.165) is 197 Å². The van der Waals surface area contributed by atoms with Crippen molar-refractivity contribution in [2.75, 3.05) is 122 Å². The second-order valence-corrected chi connectivity index (χ2v) is 33.8. The Balaban J connectivity index is 0.487. The van der Waals surface area contributed by atoms with Gasteiger partial charge in [0.2, 0.25) is 23.6 Å². The number of piperazine rings is 1. The molecule has 14 heterocycles. The average molecular weight is 1480 g/mol. The number of aryl methyl sites for hydroxylation is 2. The first-order valence-corrected chi connectivity index (χ1v) is 39.8. The lowest BCUT2D eigenvalue weighted by molar-refractivity contribution is -0.137. The maximum Gasteiger partial charge on any atom is 0.329 e. The quantitative estimate of drug-likeness (QED) is 0.0594. The number of nitrogens with one attached hydrogen (secondary N) is 6. The lowest BCUT2D eigenvalue weighted by Crippen LogP contribution is -2.51. The van der Waals surface area contributed by atoms with Gasteiger partial charge in [-0.25, -0.2) is 19.6 Å². The van der Waals surface area contributed by atoms with E-state index < -0.39 is 23.9 Å². The topological polar surface area (TPSA) is 280 Å². The Hall–Kier alpha value is -9.90. The van der Waals surface area contributed by atoms with Crippen molar-refractivity contribution in [1.29, 1.82) is 0 Å². The molecule has 6 saturated heterocycles. The highest BCUT2D eigenvalue weighted by Crippen LogP contribution is 2.53. The van der Waals surface area contributed by atoms with Gasteiger partial charge in [0.15, 0.2) is 0 Å². The lowest BCUT2D eigenvalue weighted by Gasteiger charge is -2.48. The Bertz CT molecular complexity index is 5510. The number of carbonyl (C=O) groups is 6. The molecule has 19 rings (SSSR count). The second-order valence-electron chi connectivity index (χ2n) is 31.7. The number of thiophene rings is 2. The third-order valence-electron chi connectivity index (χ3n) is 24.9. The molecule has 107 heavy (non-hydrogen) atoms. The van der Waals surface area contributed by atoms with E-state index in [2.05, 4.69) is 111 Å². The fourth-order valence-electron chi connectivity index (χ4n) is 19.2. The van der Waals surface area contributed by atoms with E-state index in [9.17, 15) is 38.4 Å². The molecule has 1 saturated carbocycles. The summed E-state index contributed by atoms with van der Waals surface area (Å²) in [6.45, 7) is 13.9. The molecule has 1 spiro atoms. The van der Waals surface area contributed by atoms with Crippen molar-refractivity contribution in [3.05, 3.63) is 115 Å². The van der Waals surface area contributed by atoms with E-state index in [-0.39, 0.29) is 66.0 Å². The highest BCUT2D eigenvalue weighted by atomic mass is 32.1. The molecule has 6 amide bonds. The highest BCUT2D eigenvalue weighted by Gasteiger charge is 2.49. The number of pyridine rings is 2. The number of nitrogens with zero attached hydrogens (tertiary/aromatic N) is 11. The van der Waals surface area contributed by atoms with Gasteiger partial charge >= 0.3 is 11.4 Å². The van der Waals surface area contributed by atoms with Gasteiger partial charge in [0, 0.05) is 167 Å². The Kier molecular flexibility index (Phi) is 16.8. The zero-order valence-electron chi connectivity index (χ0n) is 60.3. The molecule has 6 N–H and O–H groups in total. The molecule has 10 aromatic rings. The van der Waals surface area contributed by atoms with Crippen LogP contribution in [0.15, 0.2) is 88.5 Å². The van der Waals surface area contributed by atoms with Crippen molar-refractivity contribution in [3.8, 4) is 0 Å². The summed E-state index contributed by atoms with van der Waals surface area (Å²) in [5.41, 5.74) is 9.27. The van der Waals surface area contributed by atoms with Crippen molar-refractivity contribution in [2.45, 2.75) is 114 Å². The van der Waals surface area contributed by atoms with Gasteiger partial charge in [-0.15, -0.1) is 22.7 Å². The number of hydrogen-bond donors (Lipinski definition) is 6. The van der Waals surface area contributed by atoms with Crippen molar-refractivity contribution < 1.29 is 33.5 Å². The van der Waals surface area contributed by atoms with Crippen LogP contribution in [0, 0.1) is 17.3 Å². The van der Waals surface area contributed by atoms with Gasteiger partial charge in [0.1, 0.15) is 33.5 Å². The van der Waals surface area contributed by atoms with Crippen molar-refractivity contribution in [2.24, 2.45) is 31.3 Å². The number of piperidine rings is 4. The summed E-state index contributed by atoms with van der Waals surface area (Å²) in [4.78, 5) is 129. The zero-order valence-corrected chi connectivity index (χ0v) is 62.0. The largest absolute Gasteiger partial charge is 0.381 e. The van der Waals surface area contributed by atoms with E-state index in [0.29, 0.717) is 77.0 Å². The number of anilines is 6. The molecule has 0 radical (unpaired) electrons. The number of amides is 6. The molecule has 9 aliphatic rings. The van der Waals surface area contributed by atoms with Gasteiger partial charge < -0.3 is 45.6 Å². The number of benzene rings is 4. The number of rotatable bonds is 13. The molecule has 7 fully saturated rings. The van der Waals surface area contributed by atoms with Crippen LogP contribution in [0.2, 0.25) is 0 Å². The predicted octanol–water partition coefficient (Wildman–Crippen LogP) is 8.12. The van der Waals surface area contributed by atoms with Gasteiger partial charge in [-0.05, 0) is 173 Å². The lowest BCUT2D eigenvalue weighted by atomic mass is 9.61. The molecule has 1 aliphatic carbocycles. The van der Waals surface area contributed by atoms with E-state index >= 15 is 0 Å². The second kappa shape index (κ2) is 26.5. The monoisotopic (exact) mass is 1480 g/mol. The van der Waals surface area contributed by atoms with Crippen LogP contribution in [-0.4, -0.2) is 178 Å². The molecule has 2 unspecified atom stereocenters. The number of imidazole rings is 2. The minimum Gasteiger partial charge on any atom is -0.381 e. The Morgan fingerprint density at radius 3 is 1.80 bits per heavy atom. The normalized spacial score (nSPS) is 24.3. The smallest absolute Gasteiger partial charge is 0.329 e. The van der Waals surface area contributed by atoms with Crippen LogP contribution in [0.4, 0.5) is 34.4 Å². The van der Waals surface area contributed by atoms with Crippen molar-refractivity contribution >= 4 is 157 Å². The minimum absolute atomic E-state index is 0.0378. The van der Waals surface area contributed by atoms with Gasteiger partial charge in [-0.3, -0.25) is 62.6 Å².